The summed E-state index contributed by atoms with van der Waals surface area (Å²) >= 11 is 0. The van der Waals surface area contributed by atoms with E-state index < -0.39 is 5.82 Å². The Labute approximate surface area is 203 Å². The summed E-state index contributed by atoms with van der Waals surface area (Å²) in [5.41, 5.74) is 9.09. The summed E-state index contributed by atoms with van der Waals surface area (Å²) in [6.07, 6.45) is 3.40. The van der Waals surface area contributed by atoms with Gasteiger partial charge in [-0.15, -0.1) is 0 Å². The van der Waals surface area contributed by atoms with Gasteiger partial charge >= 0.3 is 5.97 Å². The van der Waals surface area contributed by atoms with E-state index in [1.807, 2.05) is 42.5 Å². The fourth-order valence-corrected chi connectivity index (χ4v) is 4.08. The van der Waals surface area contributed by atoms with Crippen LogP contribution in [-0.4, -0.2) is 17.6 Å². The first-order valence-electron chi connectivity index (χ1n) is 11.8. The number of pyridine rings is 1. The Bertz CT molecular complexity index is 1330. The summed E-state index contributed by atoms with van der Waals surface area (Å²) in [5.74, 6) is 0.678. The van der Waals surface area contributed by atoms with E-state index >= 15 is 4.39 Å². The van der Waals surface area contributed by atoms with Gasteiger partial charge in [-0.25, -0.2) is 4.39 Å². The Hall–Kier alpha value is -3.71. The average Bonchev–Trinajstić information content (AvgIpc) is 3.26. The van der Waals surface area contributed by atoms with E-state index in [0.29, 0.717) is 29.1 Å². The lowest BCUT2D eigenvalue weighted by Crippen LogP contribution is -2.09. The molecule has 0 fully saturated rings. The fraction of sp³-hybridized carbons (Fsp3) is 0.286. The largest absolute Gasteiger partial charge is 0.489 e. The van der Waals surface area contributed by atoms with Crippen LogP contribution in [0.25, 0.3) is 22.1 Å². The van der Waals surface area contributed by atoms with Gasteiger partial charge < -0.3 is 19.6 Å². The number of hydrogen-bond acceptors (Lipinski definition) is 6. The molecule has 6 nitrogen and oxygen atoms in total. The summed E-state index contributed by atoms with van der Waals surface area (Å²) in [6, 6.07) is 14.8. The average molecular weight is 477 g/mol. The Morgan fingerprint density at radius 1 is 1.11 bits per heavy atom. The number of hydrogen-bond donors (Lipinski definition) is 1. The van der Waals surface area contributed by atoms with E-state index in [4.69, 9.17) is 19.6 Å². The minimum atomic E-state index is -0.456. The van der Waals surface area contributed by atoms with Gasteiger partial charge in [0.25, 0.3) is 0 Å². The molecule has 2 aromatic heterocycles. The van der Waals surface area contributed by atoms with Crippen LogP contribution in [0.2, 0.25) is 0 Å². The summed E-state index contributed by atoms with van der Waals surface area (Å²) in [7, 11) is 0. The van der Waals surface area contributed by atoms with Crippen LogP contribution in [0, 0.1) is 5.82 Å². The van der Waals surface area contributed by atoms with Crippen molar-refractivity contribution in [1.29, 1.82) is 0 Å². The van der Waals surface area contributed by atoms with Crippen LogP contribution in [0.15, 0.2) is 59.1 Å². The van der Waals surface area contributed by atoms with Crippen molar-refractivity contribution in [3.05, 3.63) is 83.1 Å². The lowest BCUT2D eigenvalue weighted by atomic mass is 10.00. The summed E-state index contributed by atoms with van der Waals surface area (Å²) in [4.78, 5) is 16.0. The third-order valence-corrected chi connectivity index (χ3v) is 5.68. The molecule has 182 valence electrons. The number of fused-ring (bicyclic) bond motifs is 1. The molecule has 0 unspecified atom stereocenters. The maximum atomic E-state index is 15.2. The minimum absolute atomic E-state index is 0.00209. The molecule has 0 spiro atoms. The topological polar surface area (TPSA) is 87.6 Å². The number of para-hydroxylation sites is 1. The first-order chi connectivity index (χ1) is 17.0. The molecule has 0 aliphatic carbocycles. The monoisotopic (exact) mass is 476 g/mol. The number of rotatable bonds is 10. The van der Waals surface area contributed by atoms with Crippen molar-refractivity contribution < 1.29 is 23.1 Å². The molecule has 0 radical (unpaired) electrons. The second-order valence-electron chi connectivity index (χ2n) is 8.23. The van der Waals surface area contributed by atoms with Gasteiger partial charge in [-0.1, -0.05) is 25.1 Å². The molecule has 2 N–H and O–H groups in total. The highest BCUT2D eigenvalue weighted by molar-refractivity contribution is 5.93. The van der Waals surface area contributed by atoms with Crippen molar-refractivity contribution in [2.24, 2.45) is 5.73 Å². The molecule has 0 aliphatic heterocycles. The van der Waals surface area contributed by atoms with Crippen LogP contribution < -0.4 is 10.5 Å². The first-order valence-corrected chi connectivity index (χ1v) is 11.8. The molecule has 0 saturated heterocycles. The van der Waals surface area contributed by atoms with E-state index in [1.54, 1.807) is 19.2 Å². The highest BCUT2D eigenvalue weighted by Crippen LogP contribution is 2.35. The third-order valence-electron chi connectivity index (χ3n) is 5.68. The predicted octanol–water partition coefficient (Wildman–Crippen LogP) is 5.73. The van der Waals surface area contributed by atoms with Crippen LogP contribution in [0.1, 0.15) is 42.8 Å². The van der Waals surface area contributed by atoms with Gasteiger partial charge in [-0.3, -0.25) is 9.78 Å². The van der Waals surface area contributed by atoms with Crippen molar-refractivity contribution >= 4 is 16.9 Å². The van der Waals surface area contributed by atoms with Crippen LogP contribution in [0.3, 0.4) is 0 Å². The van der Waals surface area contributed by atoms with E-state index in [9.17, 15) is 4.79 Å². The molecule has 0 bridgehead atoms. The van der Waals surface area contributed by atoms with Gasteiger partial charge in [0, 0.05) is 41.2 Å². The predicted molar refractivity (Wildman–Crippen MR) is 132 cm³/mol. The molecular formula is C28H29FN2O4. The molecule has 2 aromatic carbocycles. The molecule has 7 heteroatoms. The zero-order valence-corrected chi connectivity index (χ0v) is 20.0. The quantitative estimate of drug-likeness (QED) is 0.294. The molecule has 2 heterocycles. The zero-order chi connectivity index (χ0) is 24.8. The highest BCUT2D eigenvalue weighted by atomic mass is 19.1. The number of carbonyl (C=O) groups is 1. The number of halogens is 1. The molecule has 0 amide bonds. The second-order valence-corrected chi connectivity index (χ2v) is 8.23. The Kier molecular flexibility index (Phi) is 7.77. The van der Waals surface area contributed by atoms with Crippen molar-refractivity contribution in [2.45, 2.75) is 46.3 Å². The lowest BCUT2D eigenvalue weighted by molar-refractivity contribution is -0.142. The van der Waals surface area contributed by atoms with Crippen molar-refractivity contribution in [2.75, 3.05) is 6.61 Å². The molecular weight excluding hydrogens is 447 g/mol. The number of aromatic nitrogens is 1. The smallest absolute Gasteiger partial charge is 0.310 e. The molecule has 35 heavy (non-hydrogen) atoms. The molecule has 4 rings (SSSR count). The molecule has 4 aromatic rings. The number of benzene rings is 2. The standard InChI is InChI=1S/C28H29FN2O4/c1-3-7-21-14-20-12-18(17-34-25-9-6-5-8-19(25)15-26(32)33-4-2)13-23(28(20)35-21)22-10-11-31-24(16-30)27(22)29/h5-6,8-14H,3-4,7,15-17,30H2,1-2H3. The SMILES string of the molecule is CCCc1cc2cc(COc3ccccc3CC(=O)OCC)cc(-c3ccnc(CN)c3F)c2o1. The Morgan fingerprint density at radius 2 is 1.94 bits per heavy atom. The molecule has 0 atom stereocenters. The minimum Gasteiger partial charge on any atom is -0.489 e. The van der Waals surface area contributed by atoms with Crippen molar-refractivity contribution in [1.82, 2.24) is 4.98 Å². The maximum Gasteiger partial charge on any atom is 0.310 e. The van der Waals surface area contributed by atoms with Crippen LogP contribution in [0.4, 0.5) is 4.39 Å². The normalized spacial score (nSPS) is 11.1. The summed E-state index contributed by atoms with van der Waals surface area (Å²) < 4.78 is 32.5. The van der Waals surface area contributed by atoms with E-state index in [2.05, 4.69) is 11.9 Å². The highest BCUT2D eigenvalue weighted by Gasteiger charge is 2.18. The Morgan fingerprint density at radius 3 is 2.71 bits per heavy atom. The van der Waals surface area contributed by atoms with Gasteiger partial charge in [0.15, 0.2) is 5.82 Å². The third kappa shape index (κ3) is 5.52. The van der Waals surface area contributed by atoms with E-state index in [1.165, 1.54) is 0 Å². The number of nitrogens with zero attached hydrogens (tertiary/aromatic N) is 1. The number of ether oxygens (including phenoxy) is 2. The lowest BCUT2D eigenvalue weighted by Gasteiger charge is -2.13. The van der Waals surface area contributed by atoms with Gasteiger partial charge in [0.2, 0.25) is 0 Å². The van der Waals surface area contributed by atoms with Gasteiger partial charge in [0.1, 0.15) is 23.7 Å². The van der Waals surface area contributed by atoms with Crippen LogP contribution in [-0.2, 0) is 35.5 Å². The number of esters is 1. The van der Waals surface area contributed by atoms with E-state index in [-0.39, 0.29) is 31.2 Å². The second kappa shape index (κ2) is 11.1. The van der Waals surface area contributed by atoms with Gasteiger partial charge in [0.05, 0.1) is 18.7 Å². The summed E-state index contributed by atoms with van der Waals surface area (Å²) in [5, 5.41) is 0.870. The summed E-state index contributed by atoms with van der Waals surface area (Å²) in [6.45, 7) is 4.41. The number of furan rings is 1. The maximum absolute atomic E-state index is 15.2. The number of aryl methyl sites for hydroxylation is 1. The van der Waals surface area contributed by atoms with Gasteiger partial charge in [-0.05, 0) is 49.2 Å². The molecule has 0 aliphatic rings. The van der Waals surface area contributed by atoms with Crippen molar-refractivity contribution in [3.8, 4) is 16.9 Å². The molecule has 0 saturated carbocycles. The zero-order valence-electron chi connectivity index (χ0n) is 20.0. The van der Waals surface area contributed by atoms with Crippen LogP contribution >= 0.6 is 0 Å². The number of nitrogens with two attached hydrogens (primary N) is 1. The fourth-order valence-electron chi connectivity index (χ4n) is 4.08. The van der Waals surface area contributed by atoms with Gasteiger partial charge in [-0.2, -0.15) is 0 Å². The van der Waals surface area contributed by atoms with E-state index in [0.717, 1.165) is 35.1 Å². The van der Waals surface area contributed by atoms with Crippen LogP contribution in [0.5, 0.6) is 5.75 Å². The van der Waals surface area contributed by atoms with Crippen molar-refractivity contribution in [3.63, 3.8) is 0 Å². The Balaban J connectivity index is 1.70. The first kappa shape index (κ1) is 24.4. The number of carbonyl (C=O) groups excluding carboxylic acids is 1.